The van der Waals surface area contributed by atoms with E-state index in [1.807, 2.05) is 62.4 Å². The molecule has 8 nitrogen and oxygen atoms in total. The van der Waals surface area contributed by atoms with E-state index < -0.39 is 35.6 Å². The average Bonchev–Trinajstić information content (AvgIpc) is 3.48. The van der Waals surface area contributed by atoms with Crippen molar-refractivity contribution in [3.63, 3.8) is 0 Å². The maximum atomic E-state index is 14.1. The SMILES string of the molecule is CC(C)[C@H](CO)N1C(=O)[C@@H]2[C@@H](C(=O)Nc3ccccc3)[C@@H]3OC2(CC3Br)C1C(=O)NCc1ccccc1. The van der Waals surface area contributed by atoms with Crippen molar-refractivity contribution in [2.45, 2.75) is 55.4 Å². The number of carbonyl (C=O) groups excluding carboxylic acids is 3. The average molecular weight is 570 g/mol. The van der Waals surface area contributed by atoms with E-state index >= 15 is 0 Å². The Morgan fingerprint density at radius 2 is 1.76 bits per heavy atom. The van der Waals surface area contributed by atoms with Crippen molar-refractivity contribution in [2.24, 2.45) is 17.8 Å². The molecule has 0 aliphatic carbocycles. The molecule has 3 unspecified atom stereocenters. The zero-order chi connectivity index (χ0) is 26.3. The number of benzene rings is 2. The molecule has 2 aromatic carbocycles. The van der Waals surface area contributed by atoms with Crippen LogP contribution in [0.5, 0.6) is 0 Å². The number of amides is 3. The van der Waals surface area contributed by atoms with E-state index in [0.29, 0.717) is 18.7 Å². The fraction of sp³-hybridized carbons (Fsp3) is 0.464. The first-order chi connectivity index (χ1) is 17.8. The van der Waals surface area contributed by atoms with Gasteiger partial charge in [-0.15, -0.1) is 0 Å². The van der Waals surface area contributed by atoms with Gasteiger partial charge in [-0.05, 0) is 30.0 Å². The van der Waals surface area contributed by atoms with Gasteiger partial charge in [0.25, 0.3) is 0 Å². The number of para-hydroxylation sites is 1. The number of rotatable bonds is 8. The monoisotopic (exact) mass is 569 g/mol. The third-order valence-electron chi connectivity index (χ3n) is 7.94. The second-order valence-corrected chi connectivity index (χ2v) is 11.6. The van der Waals surface area contributed by atoms with E-state index in [4.69, 9.17) is 4.74 Å². The summed E-state index contributed by atoms with van der Waals surface area (Å²) >= 11 is 3.68. The summed E-state index contributed by atoms with van der Waals surface area (Å²) in [5.41, 5.74) is 0.390. The van der Waals surface area contributed by atoms with Gasteiger partial charge >= 0.3 is 0 Å². The summed E-state index contributed by atoms with van der Waals surface area (Å²) in [5.74, 6) is -2.67. The Bertz CT molecular complexity index is 1160. The lowest BCUT2D eigenvalue weighted by Gasteiger charge is -2.38. The van der Waals surface area contributed by atoms with Crippen LogP contribution < -0.4 is 10.6 Å². The third-order valence-corrected chi connectivity index (χ3v) is 8.79. The summed E-state index contributed by atoms with van der Waals surface area (Å²) in [6.45, 7) is 3.81. The highest BCUT2D eigenvalue weighted by atomic mass is 79.9. The largest absolute Gasteiger partial charge is 0.394 e. The number of ether oxygens (including phenoxy) is 1. The molecule has 2 bridgehead atoms. The van der Waals surface area contributed by atoms with Gasteiger partial charge in [0.1, 0.15) is 11.6 Å². The molecule has 3 saturated heterocycles. The number of anilines is 1. The molecule has 3 amide bonds. The van der Waals surface area contributed by atoms with Crippen LogP contribution in [0.4, 0.5) is 5.69 Å². The molecule has 3 aliphatic heterocycles. The first-order valence-corrected chi connectivity index (χ1v) is 13.6. The molecule has 9 heteroatoms. The molecule has 7 atom stereocenters. The van der Waals surface area contributed by atoms with Gasteiger partial charge in [0, 0.05) is 17.1 Å². The number of likely N-dealkylation sites (tertiary alicyclic amines) is 1. The second kappa shape index (κ2) is 10.2. The summed E-state index contributed by atoms with van der Waals surface area (Å²) in [5, 5.41) is 16.2. The first kappa shape index (κ1) is 25.9. The normalized spacial score (nSPS) is 30.9. The Hall–Kier alpha value is -2.75. The summed E-state index contributed by atoms with van der Waals surface area (Å²) in [4.78, 5) is 42.8. The predicted octanol–water partition coefficient (Wildman–Crippen LogP) is 2.71. The number of aliphatic hydroxyl groups is 1. The van der Waals surface area contributed by atoms with E-state index in [1.165, 1.54) is 4.90 Å². The van der Waals surface area contributed by atoms with Crippen molar-refractivity contribution in [2.75, 3.05) is 11.9 Å². The highest BCUT2D eigenvalue weighted by Gasteiger charge is 2.77. The van der Waals surface area contributed by atoms with E-state index in [0.717, 1.165) is 5.56 Å². The molecular weight excluding hydrogens is 538 g/mol. The van der Waals surface area contributed by atoms with Crippen LogP contribution in [0.15, 0.2) is 60.7 Å². The van der Waals surface area contributed by atoms with Gasteiger partial charge in [-0.2, -0.15) is 0 Å². The molecule has 37 heavy (non-hydrogen) atoms. The van der Waals surface area contributed by atoms with Gasteiger partial charge in [-0.25, -0.2) is 0 Å². The molecule has 3 aliphatic rings. The van der Waals surface area contributed by atoms with Gasteiger partial charge in [0.05, 0.1) is 30.6 Å². The molecule has 2 aromatic rings. The van der Waals surface area contributed by atoms with E-state index in [-0.39, 0.29) is 35.1 Å². The van der Waals surface area contributed by atoms with Gasteiger partial charge in [0.15, 0.2) is 0 Å². The molecule has 196 valence electrons. The number of alkyl halides is 1. The number of aliphatic hydroxyl groups excluding tert-OH is 1. The first-order valence-electron chi connectivity index (χ1n) is 12.7. The molecule has 0 saturated carbocycles. The van der Waals surface area contributed by atoms with Crippen molar-refractivity contribution >= 4 is 39.3 Å². The van der Waals surface area contributed by atoms with Crippen molar-refractivity contribution in [3.8, 4) is 0 Å². The summed E-state index contributed by atoms with van der Waals surface area (Å²) in [6.07, 6.45) is -0.129. The minimum Gasteiger partial charge on any atom is -0.394 e. The number of fused-ring (bicyclic) bond motifs is 1. The van der Waals surface area contributed by atoms with Crippen LogP contribution in [0, 0.1) is 17.8 Å². The molecule has 3 fully saturated rings. The Balaban J connectivity index is 1.50. The maximum absolute atomic E-state index is 14.1. The van der Waals surface area contributed by atoms with Crippen LogP contribution in [-0.2, 0) is 25.7 Å². The van der Waals surface area contributed by atoms with Crippen LogP contribution in [0.1, 0.15) is 25.8 Å². The molecule has 1 spiro atoms. The van der Waals surface area contributed by atoms with Gasteiger partial charge < -0.3 is 25.4 Å². The number of hydrogen-bond donors (Lipinski definition) is 3. The van der Waals surface area contributed by atoms with Crippen LogP contribution in [0.2, 0.25) is 0 Å². The Morgan fingerprint density at radius 3 is 2.38 bits per heavy atom. The Kier molecular flexibility index (Phi) is 7.13. The van der Waals surface area contributed by atoms with Crippen molar-refractivity contribution in [3.05, 3.63) is 66.2 Å². The highest BCUT2D eigenvalue weighted by Crippen LogP contribution is 2.60. The number of hydrogen-bond acceptors (Lipinski definition) is 5. The zero-order valence-corrected chi connectivity index (χ0v) is 22.4. The highest BCUT2D eigenvalue weighted by molar-refractivity contribution is 9.09. The van der Waals surface area contributed by atoms with Crippen LogP contribution in [0.3, 0.4) is 0 Å². The molecule has 0 aromatic heterocycles. The fourth-order valence-electron chi connectivity index (χ4n) is 6.27. The standard InChI is InChI=1S/C28H32BrN3O5/c1-16(2)20(15-33)32-24(26(35)30-14-17-9-5-3-6-10-17)28-13-19(29)23(37-28)21(22(28)27(32)36)25(34)31-18-11-7-4-8-12-18/h3-12,16,19-24,33H,13-15H2,1-2H3,(H,30,35)(H,31,34)/t19?,20-,21+,22-,23+,24?,28?/m0/s1. The Labute approximate surface area is 224 Å². The van der Waals surface area contributed by atoms with Crippen LogP contribution in [0.25, 0.3) is 0 Å². The molecular formula is C28H32BrN3O5. The lowest BCUT2D eigenvalue weighted by atomic mass is 9.70. The quantitative estimate of drug-likeness (QED) is 0.424. The topological polar surface area (TPSA) is 108 Å². The lowest BCUT2D eigenvalue weighted by molar-refractivity contribution is -0.146. The summed E-state index contributed by atoms with van der Waals surface area (Å²) in [7, 11) is 0. The van der Waals surface area contributed by atoms with Crippen molar-refractivity contribution in [1.82, 2.24) is 10.2 Å². The number of halogens is 1. The molecule has 3 heterocycles. The summed E-state index contributed by atoms with van der Waals surface area (Å²) in [6, 6.07) is 17.1. The maximum Gasteiger partial charge on any atom is 0.246 e. The van der Waals surface area contributed by atoms with Crippen molar-refractivity contribution < 1.29 is 24.2 Å². The number of carbonyl (C=O) groups is 3. The number of nitrogens with one attached hydrogen (secondary N) is 2. The second-order valence-electron chi connectivity index (χ2n) is 10.5. The van der Waals surface area contributed by atoms with E-state index in [9.17, 15) is 19.5 Å². The van der Waals surface area contributed by atoms with Crippen LogP contribution in [-0.4, -0.2) is 63.0 Å². The van der Waals surface area contributed by atoms with Crippen molar-refractivity contribution in [1.29, 1.82) is 0 Å². The van der Waals surface area contributed by atoms with Gasteiger partial charge in [-0.1, -0.05) is 78.3 Å². The minimum absolute atomic E-state index is 0.109. The van der Waals surface area contributed by atoms with E-state index in [1.54, 1.807) is 12.1 Å². The van der Waals surface area contributed by atoms with Gasteiger partial charge in [0.2, 0.25) is 17.7 Å². The molecule has 0 radical (unpaired) electrons. The summed E-state index contributed by atoms with van der Waals surface area (Å²) < 4.78 is 6.52. The predicted molar refractivity (Wildman–Crippen MR) is 142 cm³/mol. The van der Waals surface area contributed by atoms with E-state index in [2.05, 4.69) is 26.6 Å². The van der Waals surface area contributed by atoms with Gasteiger partial charge in [-0.3, -0.25) is 14.4 Å². The Morgan fingerprint density at radius 1 is 1.11 bits per heavy atom. The third kappa shape index (κ3) is 4.36. The minimum atomic E-state index is -1.17. The fourth-order valence-corrected chi connectivity index (χ4v) is 7.22. The number of nitrogens with zero attached hydrogens (tertiary/aromatic N) is 1. The molecule has 5 rings (SSSR count). The van der Waals surface area contributed by atoms with Crippen LogP contribution >= 0.6 is 15.9 Å². The smallest absolute Gasteiger partial charge is 0.246 e. The zero-order valence-electron chi connectivity index (χ0n) is 20.8. The lowest BCUT2D eigenvalue weighted by Crippen LogP contribution is -2.59. The molecule has 3 N–H and O–H groups in total.